The fourth-order valence-electron chi connectivity index (χ4n) is 2.75. The number of nitrogens with zero attached hydrogens (tertiary/aromatic N) is 3. The Morgan fingerprint density at radius 1 is 1.60 bits per heavy atom. The number of aromatic amines is 1. The summed E-state index contributed by atoms with van der Waals surface area (Å²) in [6.07, 6.45) is 3.59. The average Bonchev–Trinajstić information content (AvgIpc) is 3.00. The molecule has 1 saturated heterocycles. The summed E-state index contributed by atoms with van der Waals surface area (Å²) in [4.78, 5) is 24.2. The molecule has 1 aromatic heterocycles. The second-order valence-corrected chi connectivity index (χ2v) is 5.26. The summed E-state index contributed by atoms with van der Waals surface area (Å²) in [5, 5.41) is 0. The number of aromatic nitrogens is 2. The Bertz CT molecular complexity index is 421. The molecule has 0 aromatic carbocycles. The molecule has 1 aliphatic rings. The van der Waals surface area contributed by atoms with Crippen molar-refractivity contribution in [2.45, 2.75) is 19.9 Å². The number of H-pyrrole nitrogens is 1. The van der Waals surface area contributed by atoms with E-state index in [4.69, 9.17) is 4.74 Å². The zero-order valence-corrected chi connectivity index (χ0v) is 12.5. The predicted molar refractivity (Wildman–Crippen MR) is 76.2 cm³/mol. The van der Waals surface area contributed by atoms with Crippen LogP contribution in [0.4, 0.5) is 0 Å². The zero-order chi connectivity index (χ0) is 14.5. The molecule has 1 aliphatic heterocycles. The Morgan fingerprint density at radius 2 is 2.40 bits per heavy atom. The first-order valence-electron chi connectivity index (χ1n) is 7.18. The van der Waals surface area contributed by atoms with E-state index < -0.39 is 0 Å². The van der Waals surface area contributed by atoms with Crippen molar-refractivity contribution in [3.05, 3.63) is 18.2 Å². The summed E-state index contributed by atoms with van der Waals surface area (Å²) in [5.41, 5.74) is 0. The number of amides is 1. The maximum atomic E-state index is 12.4. The number of piperazine rings is 1. The molecular weight excluding hydrogens is 256 g/mol. The number of methoxy groups -OCH3 is 1. The number of ether oxygens (including phenoxy) is 1. The first kappa shape index (κ1) is 15.0. The van der Waals surface area contributed by atoms with Crippen LogP contribution in [-0.4, -0.2) is 65.6 Å². The fourth-order valence-corrected chi connectivity index (χ4v) is 2.75. The molecule has 1 aromatic rings. The van der Waals surface area contributed by atoms with Crippen LogP contribution >= 0.6 is 0 Å². The van der Waals surface area contributed by atoms with Crippen molar-refractivity contribution in [2.24, 2.45) is 5.92 Å². The predicted octanol–water partition coefficient (Wildman–Crippen LogP) is 0.897. The van der Waals surface area contributed by atoms with Gasteiger partial charge in [-0.3, -0.25) is 9.69 Å². The van der Waals surface area contributed by atoms with Crippen molar-refractivity contribution in [3.63, 3.8) is 0 Å². The average molecular weight is 280 g/mol. The highest BCUT2D eigenvalue weighted by Gasteiger charge is 2.32. The topological polar surface area (TPSA) is 61.5 Å². The van der Waals surface area contributed by atoms with E-state index in [9.17, 15) is 4.79 Å². The minimum Gasteiger partial charge on any atom is -0.384 e. The first-order chi connectivity index (χ1) is 9.67. The fraction of sp³-hybridized carbons (Fsp3) is 0.714. The summed E-state index contributed by atoms with van der Waals surface area (Å²) in [6.45, 7) is 7.83. The van der Waals surface area contributed by atoms with Crippen LogP contribution in [0.1, 0.15) is 25.7 Å². The van der Waals surface area contributed by atoms with Gasteiger partial charge in [-0.1, -0.05) is 13.8 Å². The second-order valence-electron chi connectivity index (χ2n) is 5.26. The number of hydrogen-bond acceptors (Lipinski definition) is 4. The zero-order valence-electron chi connectivity index (χ0n) is 12.5. The molecule has 2 atom stereocenters. The van der Waals surface area contributed by atoms with Crippen LogP contribution in [0.2, 0.25) is 0 Å². The van der Waals surface area contributed by atoms with Crippen LogP contribution in [-0.2, 0) is 9.53 Å². The normalized spacial score (nSPS) is 21.9. The van der Waals surface area contributed by atoms with Gasteiger partial charge in [0.2, 0.25) is 5.91 Å². The van der Waals surface area contributed by atoms with Gasteiger partial charge in [-0.05, 0) is 6.54 Å². The number of rotatable bonds is 5. The highest BCUT2D eigenvalue weighted by molar-refractivity contribution is 5.78. The second kappa shape index (κ2) is 6.85. The van der Waals surface area contributed by atoms with E-state index in [2.05, 4.69) is 21.8 Å². The molecule has 0 aliphatic carbocycles. The minimum absolute atomic E-state index is 0.0922. The van der Waals surface area contributed by atoms with E-state index in [1.54, 1.807) is 13.3 Å². The molecule has 6 heteroatoms. The van der Waals surface area contributed by atoms with Crippen molar-refractivity contribution in [1.82, 2.24) is 19.8 Å². The Morgan fingerprint density at radius 3 is 3.00 bits per heavy atom. The van der Waals surface area contributed by atoms with Gasteiger partial charge in [-0.2, -0.15) is 0 Å². The summed E-state index contributed by atoms with van der Waals surface area (Å²) < 4.78 is 5.08. The van der Waals surface area contributed by atoms with E-state index >= 15 is 0 Å². The summed E-state index contributed by atoms with van der Waals surface area (Å²) in [5.74, 6) is 1.01. The Kier molecular flexibility index (Phi) is 5.14. The highest BCUT2D eigenvalue weighted by Crippen LogP contribution is 2.23. The number of carbonyl (C=O) groups excluding carboxylic acids is 1. The third-order valence-corrected chi connectivity index (χ3v) is 3.88. The Balaban J connectivity index is 2.06. The molecule has 2 heterocycles. The van der Waals surface area contributed by atoms with Gasteiger partial charge in [0.05, 0.1) is 18.6 Å². The van der Waals surface area contributed by atoms with Crippen LogP contribution in [0, 0.1) is 5.92 Å². The lowest BCUT2D eigenvalue weighted by atomic mass is 10.1. The van der Waals surface area contributed by atoms with Gasteiger partial charge in [0.15, 0.2) is 0 Å². The standard InChI is InChI=1S/C14H24N4O2/c1-4-17-7-8-18(14(19)11(2)10-20-3)9-12(17)13-15-5-6-16-13/h5-6,11-12H,4,7-10H2,1-3H3,(H,15,16)/t11-,12-/m0/s1. The van der Waals surface area contributed by atoms with Crippen LogP contribution in [0.5, 0.6) is 0 Å². The van der Waals surface area contributed by atoms with E-state index in [0.29, 0.717) is 13.2 Å². The molecule has 20 heavy (non-hydrogen) atoms. The third-order valence-electron chi connectivity index (χ3n) is 3.88. The van der Waals surface area contributed by atoms with Crippen molar-refractivity contribution < 1.29 is 9.53 Å². The molecule has 1 fully saturated rings. The van der Waals surface area contributed by atoms with Crippen LogP contribution in [0.25, 0.3) is 0 Å². The van der Waals surface area contributed by atoms with Crippen molar-refractivity contribution in [2.75, 3.05) is 39.9 Å². The van der Waals surface area contributed by atoms with Crippen molar-refractivity contribution >= 4 is 5.91 Å². The largest absolute Gasteiger partial charge is 0.384 e. The van der Waals surface area contributed by atoms with Gasteiger partial charge in [0.1, 0.15) is 5.82 Å². The quantitative estimate of drug-likeness (QED) is 0.870. The lowest BCUT2D eigenvalue weighted by Crippen LogP contribution is -2.52. The van der Waals surface area contributed by atoms with E-state index in [1.807, 2.05) is 18.0 Å². The number of nitrogens with one attached hydrogen (secondary N) is 1. The number of likely N-dealkylation sites (N-methyl/N-ethyl adjacent to an activating group) is 1. The van der Waals surface area contributed by atoms with E-state index in [0.717, 1.165) is 25.5 Å². The van der Waals surface area contributed by atoms with E-state index in [-0.39, 0.29) is 17.9 Å². The smallest absolute Gasteiger partial charge is 0.227 e. The molecule has 1 N–H and O–H groups in total. The monoisotopic (exact) mass is 280 g/mol. The Hall–Kier alpha value is -1.40. The maximum absolute atomic E-state index is 12.4. The van der Waals surface area contributed by atoms with Gasteiger partial charge in [-0.25, -0.2) is 4.98 Å². The number of hydrogen-bond donors (Lipinski definition) is 1. The van der Waals surface area contributed by atoms with Gasteiger partial charge < -0.3 is 14.6 Å². The SMILES string of the molecule is CCN1CCN(C(=O)[C@@H](C)COC)C[C@H]1c1ncc[nH]1. The molecule has 0 unspecified atom stereocenters. The molecule has 0 spiro atoms. The summed E-state index contributed by atoms with van der Waals surface area (Å²) in [7, 11) is 1.63. The van der Waals surface area contributed by atoms with Gasteiger partial charge in [0.25, 0.3) is 0 Å². The van der Waals surface area contributed by atoms with Gasteiger partial charge >= 0.3 is 0 Å². The third kappa shape index (κ3) is 3.19. The molecule has 6 nitrogen and oxygen atoms in total. The number of carbonyl (C=O) groups is 1. The number of imidazole rings is 1. The van der Waals surface area contributed by atoms with Gasteiger partial charge in [0, 0.05) is 39.1 Å². The molecule has 1 amide bonds. The lowest BCUT2D eigenvalue weighted by molar-refractivity contribution is -0.139. The first-order valence-corrected chi connectivity index (χ1v) is 7.18. The van der Waals surface area contributed by atoms with Crippen LogP contribution in [0.3, 0.4) is 0 Å². The van der Waals surface area contributed by atoms with Crippen molar-refractivity contribution in [3.8, 4) is 0 Å². The van der Waals surface area contributed by atoms with Crippen LogP contribution < -0.4 is 0 Å². The minimum atomic E-state index is -0.0922. The molecule has 2 rings (SSSR count). The maximum Gasteiger partial charge on any atom is 0.227 e. The summed E-state index contributed by atoms with van der Waals surface area (Å²) >= 11 is 0. The highest BCUT2D eigenvalue weighted by atomic mass is 16.5. The molecular formula is C14H24N4O2. The molecule has 0 radical (unpaired) electrons. The van der Waals surface area contributed by atoms with Gasteiger partial charge in [-0.15, -0.1) is 0 Å². The van der Waals surface area contributed by atoms with Crippen LogP contribution in [0.15, 0.2) is 12.4 Å². The summed E-state index contributed by atoms with van der Waals surface area (Å²) in [6, 6.07) is 0.155. The molecule has 112 valence electrons. The lowest BCUT2D eigenvalue weighted by Gasteiger charge is -2.40. The van der Waals surface area contributed by atoms with Crippen molar-refractivity contribution in [1.29, 1.82) is 0 Å². The molecule has 0 saturated carbocycles. The van der Waals surface area contributed by atoms with E-state index in [1.165, 1.54) is 0 Å². The molecule has 0 bridgehead atoms. The Labute approximate surface area is 120 Å².